The Balaban J connectivity index is 1.95. The Morgan fingerprint density at radius 3 is 2.93 bits per heavy atom. The van der Waals surface area contributed by atoms with E-state index in [1.165, 1.54) is 5.56 Å². The lowest BCUT2D eigenvalue weighted by Crippen LogP contribution is -1.99. The summed E-state index contributed by atoms with van der Waals surface area (Å²) in [5.74, 6) is 0.886. The van der Waals surface area contributed by atoms with Crippen LogP contribution in [-0.4, -0.2) is 4.98 Å². The molecule has 0 aromatic carbocycles. The summed E-state index contributed by atoms with van der Waals surface area (Å²) in [5.41, 5.74) is 2.28. The van der Waals surface area contributed by atoms with Crippen LogP contribution in [0.4, 0.5) is 5.82 Å². The van der Waals surface area contributed by atoms with Crippen LogP contribution in [0.3, 0.4) is 0 Å². The molecule has 0 aliphatic rings. The van der Waals surface area contributed by atoms with Crippen LogP contribution in [-0.2, 0) is 6.54 Å². The van der Waals surface area contributed by atoms with E-state index in [1.54, 1.807) is 12.5 Å². The normalized spacial score (nSPS) is 10.1. The van der Waals surface area contributed by atoms with Crippen molar-refractivity contribution in [2.24, 2.45) is 0 Å². The lowest BCUT2D eigenvalue weighted by Gasteiger charge is -2.03. The van der Waals surface area contributed by atoms with Crippen molar-refractivity contribution < 1.29 is 4.42 Å². The van der Waals surface area contributed by atoms with Gasteiger partial charge in [-0.1, -0.05) is 6.07 Å². The van der Waals surface area contributed by atoms with Crippen LogP contribution in [0.5, 0.6) is 0 Å². The molecule has 0 fully saturated rings. The van der Waals surface area contributed by atoms with E-state index in [9.17, 15) is 0 Å². The smallest absolute Gasteiger partial charge is 0.126 e. The number of rotatable bonds is 3. The van der Waals surface area contributed by atoms with Gasteiger partial charge in [0.05, 0.1) is 12.5 Å². The molecule has 0 bridgehead atoms. The maximum atomic E-state index is 4.96. The van der Waals surface area contributed by atoms with Crippen molar-refractivity contribution in [2.45, 2.75) is 13.5 Å². The molecule has 0 amide bonds. The van der Waals surface area contributed by atoms with E-state index in [1.807, 2.05) is 31.3 Å². The minimum Gasteiger partial charge on any atom is -0.472 e. The van der Waals surface area contributed by atoms with Crippen LogP contribution in [0.1, 0.15) is 11.1 Å². The van der Waals surface area contributed by atoms with Crippen LogP contribution in [0.25, 0.3) is 0 Å². The molecule has 0 saturated carbocycles. The van der Waals surface area contributed by atoms with Crippen LogP contribution >= 0.6 is 0 Å². The molecule has 0 unspecified atom stereocenters. The van der Waals surface area contributed by atoms with E-state index in [0.29, 0.717) is 0 Å². The molecule has 0 aliphatic heterocycles. The molecule has 0 saturated heterocycles. The van der Waals surface area contributed by atoms with E-state index >= 15 is 0 Å². The van der Waals surface area contributed by atoms with Crippen LogP contribution in [0.2, 0.25) is 0 Å². The largest absolute Gasteiger partial charge is 0.472 e. The van der Waals surface area contributed by atoms with Gasteiger partial charge in [-0.05, 0) is 24.6 Å². The zero-order valence-corrected chi connectivity index (χ0v) is 8.03. The number of anilines is 1. The molecule has 72 valence electrons. The molecule has 3 nitrogen and oxygen atoms in total. The number of aromatic nitrogens is 1. The lowest BCUT2D eigenvalue weighted by atomic mass is 10.3. The Morgan fingerprint density at radius 1 is 1.36 bits per heavy atom. The zero-order valence-electron chi connectivity index (χ0n) is 8.03. The molecule has 2 heterocycles. The first kappa shape index (κ1) is 8.81. The standard InChI is InChI=1S/C11H12N2O/c1-9-2-3-11(12-6-9)13-7-10-4-5-14-8-10/h2-6,8H,7H2,1H3,(H,12,13). The average Bonchev–Trinajstić information content (AvgIpc) is 2.70. The summed E-state index contributed by atoms with van der Waals surface area (Å²) in [7, 11) is 0. The molecule has 14 heavy (non-hydrogen) atoms. The lowest BCUT2D eigenvalue weighted by molar-refractivity contribution is 0.564. The molecule has 0 radical (unpaired) electrons. The molecule has 0 spiro atoms. The Kier molecular flexibility index (Phi) is 2.49. The highest BCUT2D eigenvalue weighted by molar-refractivity contribution is 5.35. The maximum absolute atomic E-state index is 4.96. The van der Waals surface area contributed by atoms with Crippen molar-refractivity contribution >= 4 is 5.82 Å². The number of nitrogens with zero attached hydrogens (tertiary/aromatic N) is 1. The summed E-state index contributed by atoms with van der Waals surface area (Å²) >= 11 is 0. The van der Waals surface area contributed by atoms with Gasteiger partial charge in [-0.3, -0.25) is 0 Å². The van der Waals surface area contributed by atoms with Gasteiger partial charge in [0.2, 0.25) is 0 Å². The van der Waals surface area contributed by atoms with E-state index in [0.717, 1.165) is 17.9 Å². The second-order valence-corrected chi connectivity index (χ2v) is 3.21. The maximum Gasteiger partial charge on any atom is 0.126 e. The first-order chi connectivity index (χ1) is 6.84. The van der Waals surface area contributed by atoms with Gasteiger partial charge in [0.1, 0.15) is 5.82 Å². The summed E-state index contributed by atoms with van der Waals surface area (Å²) in [4.78, 5) is 4.24. The molecule has 0 atom stereocenters. The molecule has 3 heteroatoms. The number of hydrogen-bond acceptors (Lipinski definition) is 3. The van der Waals surface area contributed by atoms with Crippen molar-refractivity contribution in [3.05, 3.63) is 48.0 Å². The fourth-order valence-electron chi connectivity index (χ4n) is 1.16. The summed E-state index contributed by atoms with van der Waals surface area (Å²) in [6.07, 6.45) is 5.23. The Bertz CT molecular complexity index is 378. The summed E-state index contributed by atoms with van der Waals surface area (Å²) in [6, 6.07) is 5.93. The molecule has 2 aromatic rings. The summed E-state index contributed by atoms with van der Waals surface area (Å²) in [6.45, 7) is 2.76. The van der Waals surface area contributed by atoms with Gasteiger partial charge in [0.25, 0.3) is 0 Å². The van der Waals surface area contributed by atoms with Gasteiger partial charge in [-0.25, -0.2) is 4.98 Å². The molecular weight excluding hydrogens is 176 g/mol. The summed E-state index contributed by atoms with van der Waals surface area (Å²) in [5, 5.41) is 3.20. The predicted octanol–water partition coefficient (Wildman–Crippen LogP) is 2.60. The minimum absolute atomic E-state index is 0.743. The van der Waals surface area contributed by atoms with Gasteiger partial charge in [0.15, 0.2) is 0 Å². The second kappa shape index (κ2) is 3.96. The molecule has 2 rings (SSSR count). The van der Waals surface area contributed by atoms with Crippen molar-refractivity contribution in [1.29, 1.82) is 0 Å². The van der Waals surface area contributed by atoms with E-state index < -0.39 is 0 Å². The highest BCUT2D eigenvalue weighted by Gasteiger charge is 1.95. The van der Waals surface area contributed by atoms with Crippen molar-refractivity contribution in [3.63, 3.8) is 0 Å². The quantitative estimate of drug-likeness (QED) is 0.804. The molecule has 1 N–H and O–H groups in total. The highest BCUT2D eigenvalue weighted by atomic mass is 16.3. The Morgan fingerprint density at radius 2 is 2.29 bits per heavy atom. The number of aryl methyl sites for hydroxylation is 1. The van der Waals surface area contributed by atoms with E-state index in [-0.39, 0.29) is 0 Å². The predicted molar refractivity (Wildman–Crippen MR) is 55.0 cm³/mol. The second-order valence-electron chi connectivity index (χ2n) is 3.21. The van der Waals surface area contributed by atoms with Gasteiger partial charge in [-0.15, -0.1) is 0 Å². The first-order valence-electron chi connectivity index (χ1n) is 4.52. The summed E-state index contributed by atoms with van der Waals surface area (Å²) < 4.78 is 4.96. The van der Waals surface area contributed by atoms with Gasteiger partial charge in [0, 0.05) is 18.3 Å². The van der Waals surface area contributed by atoms with E-state index in [4.69, 9.17) is 4.42 Å². The first-order valence-corrected chi connectivity index (χ1v) is 4.52. The third-order valence-corrected chi connectivity index (χ3v) is 1.97. The highest BCUT2D eigenvalue weighted by Crippen LogP contribution is 2.07. The van der Waals surface area contributed by atoms with Gasteiger partial charge in [-0.2, -0.15) is 0 Å². The van der Waals surface area contributed by atoms with Gasteiger partial charge >= 0.3 is 0 Å². The van der Waals surface area contributed by atoms with Crippen LogP contribution < -0.4 is 5.32 Å². The van der Waals surface area contributed by atoms with Crippen molar-refractivity contribution in [3.8, 4) is 0 Å². The van der Waals surface area contributed by atoms with Crippen molar-refractivity contribution in [1.82, 2.24) is 4.98 Å². The average molecular weight is 188 g/mol. The van der Waals surface area contributed by atoms with Gasteiger partial charge < -0.3 is 9.73 Å². The fourth-order valence-corrected chi connectivity index (χ4v) is 1.16. The third kappa shape index (κ3) is 2.13. The number of pyridine rings is 1. The minimum atomic E-state index is 0.743. The Hall–Kier alpha value is -1.77. The fraction of sp³-hybridized carbons (Fsp3) is 0.182. The van der Waals surface area contributed by atoms with Crippen molar-refractivity contribution in [2.75, 3.05) is 5.32 Å². The Labute approximate surface area is 82.8 Å². The SMILES string of the molecule is Cc1ccc(NCc2ccoc2)nc1. The molecule has 2 aromatic heterocycles. The third-order valence-electron chi connectivity index (χ3n) is 1.97. The topological polar surface area (TPSA) is 38.1 Å². The number of hydrogen-bond donors (Lipinski definition) is 1. The van der Waals surface area contributed by atoms with E-state index in [2.05, 4.69) is 10.3 Å². The van der Waals surface area contributed by atoms with Crippen LogP contribution in [0, 0.1) is 6.92 Å². The molecule has 0 aliphatic carbocycles. The molecular formula is C11H12N2O. The number of nitrogens with one attached hydrogen (secondary N) is 1. The number of furan rings is 1. The monoisotopic (exact) mass is 188 g/mol. The van der Waals surface area contributed by atoms with Crippen LogP contribution in [0.15, 0.2) is 41.3 Å². The zero-order chi connectivity index (χ0) is 9.80.